The maximum Gasteiger partial charge on any atom is 0.261 e. The number of sulfonamides is 1. The number of hydrogen-bond donors (Lipinski definition) is 2. The van der Waals surface area contributed by atoms with E-state index in [2.05, 4.69) is 15.0 Å². The molecule has 4 rings (SSSR count). The Hall–Kier alpha value is -3.04. The summed E-state index contributed by atoms with van der Waals surface area (Å²) in [5.74, 6) is 0.230. The first kappa shape index (κ1) is 22.2. The molecule has 1 aliphatic rings. The standard InChI is InChI=1S/C23H26N4O4S/c1-23(2,3)15-6-9-17(10-7-15)32(30,31)24-14-21(28)25-16-8-11-18-19(13-16)26-20-5-4-12-27(20)22(18)29/h6-11,13,24H,4-5,12,14H2,1-3H3,(H,25,28). The highest BCUT2D eigenvalue weighted by molar-refractivity contribution is 7.89. The van der Waals surface area contributed by atoms with Crippen LogP contribution in [0.25, 0.3) is 10.9 Å². The maximum absolute atomic E-state index is 12.5. The molecular weight excluding hydrogens is 428 g/mol. The lowest BCUT2D eigenvalue weighted by Crippen LogP contribution is -2.33. The smallest absolute Gasteiger partial charge is 0.261 e. The van der Waals surface area contributed by atoms with Crippen LogP contribution in [0.4, 0.5) is 5.69 Å². The van der Waals surface area contributed by atoms with Crippen molar-refractivity contribution in [2.24, 2.45) is 0 Å². The third-order valence-electron chi connectivity index (χ3n) is 5.55. The number of benzene rings is 2. The molecule has 32 heavy (non-hydrogen) atoms. The molecule has 1 amide bonds. The van der Waals surface area contributed by atoms with E-state index in [1.165, 1.54) is 12.1 Å². The Morgan fingerprint density at radius 3 is 2.53 bits per heavy atom. The third kappa shape index (κ3) is 4.44. The zero-order valence-electron chi connectivity index (χ0n) is 18.3. The topological polar surface area (TPSA) is 110 Å². The maximum atomic E-state index is 12.5. The Labute approximate surface area is 186 Å². The van der Waals surface area contributed by atoms with Gasteiger partial charge in [-0.3, -0.25) is 14.2 Å². The van der Waals surface area contributed by atoms with Gasteiger partial charge in [-0.1, -0.05) is 32.9 Å². The number of nitrogens with one attached hydrogen (secondary N) is 2. The van der Waals surface area contributed by atoms with Crippen LogP contribution in [0.2, 0.25) is 0 Å². The van der Waals surface area contributed by atoms with Crippen LogP contribution in [0, 0.1) is 0 Å². The molecule has 0 fully saturated rings. The minimum absolute atomic E-state index is 0.0781. The van der Waals surface area contributed by atoms with Gasteiger partial charge in [0.15, 0.2) is 0 Å². The van der Waals surface area contributed by atoms with Crippen molar-refractivity contribution in [3.63, 3.8) is 0 Å². The van der Waals surface area contributed by atoms with Crippen molar-refractivity contribution in [2.45, 2.75) is 50.5 Å². The van der Waals surface area contributed by atoms with Gasteiger partial charge in [0.2, 0.25) is 15.9 Å². The predicted octanol–water partition coefficient (Wildman–Crippen LogP) is 2.56. The van der Waals surface area contributed by atoms with Crippen molar-refractivity contribution < 1.29 is 13.2 Å². The summed E-state index contributed by atoms with van der Waals surface area (Å²) in [5.41, 5.74) is 1.82. The summed E-state index contributed by atoms with van der Waals surface area (Å²) < 4.78 is 29.1. The lowest BCUT2D eigenvalue weighted by Gasteiger charge is -2.19. The molecule has 0 saturated heterocycles. The first-order valence-corrected chi connectivity index (χ1v) is 12.0. The van der Waals surface area contributed by atoms with Gasteiger partial charge in [0.1, 0.15) is 5.82 Å². The molecular formula is C23H26N4O4S. The van der Waals surface area contributed by atoms with Crippen molar-refractivity contribution in [1.29, 1.82) is 0 Å². The monoisotopic (exact) mass is 454 g/mol. The van der Waals surface area contributed by atoms with Gasteiger partial charge in [-0.2, -0.15) is 0 Å². The van der Waals surface area contributed by atoms with Crippen LogP contribution in [0.1, 0.15) is 38.6 Å². The van der Waals surface area contributed by atoms with E-state index < -0.39 is 22.5 Å². The lowest BCUT2D eigenvalue weighted by atomic mass is 9.87. The van der Waals surface area contributed by atoms with Crippen molar-refractivity contribution in [3.8, 4) is 0 Å². The average molecular weight is 455 g/mol. The van der Waals surface area contributed by atoms with Gasteiger partial charge in [-0.05, 0) is 47.7 Å². The molecule has 9 heteroatoms. The summed E-state index contributed by atoms with van der Waals surface area (Å²) in [5, 5.41) is 3.15. The Bertz CT molecular complexity index is 1350. The largest absolute Gasteiger partial charge is 0.325 e. The Morgan fingerprint density at radius 2 is 1.84 bits per heavy atom. The summed E-state index contributed by atoms with van der Waals surface area (Å²) in [6, 6.07) is 11.5. The summed E-state index contributed by atoms with van der Waals surface area (Å²) in [4.78, 5) is 29.5. The van der Waals surface area contributed by atoms with Gasteiger partial charge in [-0.25, -0.2) is 18.1 Å². The quantitative estimate of drug-likeness (QED) is 0.616. The van der Waals surface area contributed by atoms with E-state index in [0.717, 1.165) is 24.2 Å². The van der Waals surface area contributed by atoms with Crippen molar-refractivity contribution in [2.75, 3.05) is 11.9 Å². The predicted molar refractivity (Wildman–Crippen MR) is 123 cm³/mol. The summed E-state index contributed by atoms with van der Waals surface area (Å²) in [7, 11) is -3.82. The first-order valence-electron chi connectivity index (χ1n) is 10.5. The third-order valence-corrected chi connectivity index (χ3v) is 6.97. The molecule has 3 aromatic rings. The second-order valence-corrected chi connectivity index (χ2v) is 10.7. The zero-order valence-corrected chi connectivity index (χ0v) is 19.1. The second kappa shape index (κ2) is 8.14. The van der Waals surface area contributed by atoms with Gasteiger partial charge in [0, 0.05) is 18.7 Å². The van der Waals surface area contributed by atoms with Crippen LogP contribution in [0.15, 0.2) is 52.2 Å². The fraction of sp³-hybridized carbons (Fsp3) is 0.348. The number of carbonyl (C=O) groups is 1. The van der Waals surface area contributed by atoms with E-state index in [-0.39, 0.29) is 15.9 Å². The molecule has 1 aromatic heterocycles. The van der Waals surface area contributed by atoms with Gasteiger partial charge >= 0.3 is 0 Å². The van der Waals surface area contributed by atoms with E-state index in [4.69, 9.17) is 0 Å². The van der Waals surface area contributed by atoms with E-state index in [1.807, 2.05) is 20.8 Å². The number of fused-ring (bicyclic) bond motifs is 2. The second-order valence-electron chi connectivity index (χ2n) is 8.97. The van der Waals surface area contributed by atoms with Gasteiger partial charge in [0.25, 0.3) is 5.56 Å². The SMILES string of the molecule is CC(C)(C)c1ccc(S(=O)(=O)NCC(=O)Nc2ccc3c(=O)n4c(nc3c2)CCC4)cc1. The molecule has 0 unspecified atom stereocenters. The number of aryl methyl sites for hydroxylation is 1. The van der Waals surface area contributed by atoms with Crippen LogP contribution in [-0.4, -0.2) is 30.4 Å². The molecule has 1 aliphatic heterocycles. The molecule has 2 N–H and O–H groups in total. The fourth-order valence-corrected chi connectivity index (χ4v) is 4.73. The van der Waals surface area contributed by atoms with Gasteiger partial charge in [0.05, 0.1) is 22.3 Å². The zero-order chi connectivity index (χ0) is 23.1. The normalized spacial score (nSPS) is 13.8. The number of carbonyl (C=O) groups excluding carboxylic acids is 1. The molecule has 0 bridgehead atoms. The van der Waals surface area contributed by atoms with E-state index in [0.29, 0.717) is 23.1 Å². The molecule has 0 saturated carbocycles. The first-order chi connectivity index (χ1) is 15.0. The van der Waals surface area contributed by atoms with E-state index >= 15 is 0 Å². The molecule has 2 heterocycles. The Balaban J connectivity index is 1.44. The molecule has 8 nitrogen and oxygen atoms in total. The molecule has 2 aromatic carbocycles. The highest BCUT2D eigenvalue weighted by atomic mass is 32.2. The number of rotatable bonds is 5. The average Bonchev–Trinajstić information content (AvgIpc) is 3.21. The summed E-state index contributed by atoms with van der Waals surface area (Å²) >= 11 is 0. The van der Waals surface area contributed by atoms with Crippen molar-refractivity contribution in [1.82, 2.24) is 14.3 Å². The van der Waals surface area contributed by atoms with E-state index in [1.54, 1.807) is 34.9 Å². The number of anilines is 1. The van der Waals surface area contributed by atoms with Gasteiger partial charge < -0.3 is 5.32 Å². The molecule has 0 radical (unpaired) electrons. The number of amides is 1. The van der Waals surface area contributed by atoms with Crippen LogP contribution >= 0.6 is 0 Å². The fourth-order valence-electron chi connectivity index (χ4n) is 3.74. The Morgan fingerprint density at radius 1 is 1.12 bits per heavy atom. The van der Waals surface area contributed by atoms with Crippen molar-refractivity contribution in [3.05, 3.63) is 64.2 Å². The molecule has 0 aliphatic carbocycles. The number of hydrogen-bond acceptors (Lipinski definition) is 5. The number of aromatic nitrogens is 2. The molecule has 0 atom stereocenters. The van der Waals surface area contributed by atoms with Crippen LogP contribution in [0.5, 0.6) is 0 Å². The highest BCUT2D eigenvalue weighted by Crippen LogP contribution is 2.23. The van der Waals surface area contributed by atoms with Crippen LogP contribution in [-0.2, 0) is 33.2 Å². The summed E-state index contributed by atoms with van der Waals surface area (Å²) in [6.07, 6.45) is 1.64. The number of nitrogens with zero attached hydrogens (tertiary/aromatic N) is 2. The lowest BCUT2D eigenvalue weighted by molar-refractivity contribution is -0.115. The van der Waals surface area contributed by atoms with Gasteiger partial charge in [-0.15, -0.1) is 0 Å². The van der Waals surface area contributed by atoms with Crippen LogP contribution in [0.3, 0.4) is 0 Å². The Kier molecular flexibility index (Phi) is 5.64. The minimum Gasteiger partial charge on any atom is -0.325 e. The van der Waals surface area contributed by atoms with E-state index in [9.17, 15) is 18.0 Å². The summed E-state index contributed by atoms with van der Waals surface area (Å²) in [6.45, 7) is 6.40. The minimum atomic E-state index is -3.82. The molecule has 168 valence electrons. The van der Waals surface area contributed by atoms with Crippen LogP contribution < -0.4 is 15.6 Å². The van der Waals surface area contributed by atoms with Crippen molar-refractivity contribution >= 4 is 32.5 Å². The highest BCUT2D eigenvalue weighted by Gasteiger charge is 2.19. The molecule has 0 spiro atoms.